The van der Waals surface area contributed by atoms with Crippen molar-refractivity contribution in [1.29, 1.82) is 0 Å². The molecule has 0 saturated heterocycles. The second kappa shape index (κ2) is 4.94. The summed E-state index contributed by atoms with van der Waals surface area (Å²) in [6.45, 7) is 0. The summed E-state index contributed by atoms with van der Waals surface area (Å²) < 4.78 is 5.58. The first kappa shape index (κ1) is 11.6. The maximum absolute atomic E-state index is 11.0. The van der Waals surface area contributed by atoms with Crippen LogP contribution in [0.3, 0.4) is 0 Å². The predicted molar refractivity (Wildman–Crippen MR) is 61.1 cm³/mol. The molecule has 2 rings (SSSR count). The van der Waals surface area contributed by atoms with Crippen LogP contribution in [0.4, 0.5) is 11.5 Å². The van der Waals surface area contributed by atoms with E-state index in [0.29, 0.717) is 0 Å². The largest absolute Gasteiger partial charge is 0.469 e. The van der Waals surface area contributed by atoms with Crippen molar-refractivity contribution in [2.24, 2.45) is 0 Å². The van der Waals surface area contributed by atoms with Crippen LogP contribution in [-0.2, 0) is 0 Å². The third-order valence-electron chi connectivity index (χ3n) is 2.79. The van der Waals surface area contributed by atoms with Gasteiger partial charge in [0.2, 0.25) is 5.82 Å². The number of nitrogens with zero attached hydrogens (tertiary/aromatic N) is 3. The highest BCUT2D eigenvalue weighted by atomic mass is 16.6. The van der Waals surface area contributed by atoms with Crippen molar-refractivity contribution in [2.75, 3.05) is 12.4 Å². The summed E-state index contributed by atoms with van der Waals surface area (Å²) in [7, 11) is 1.58. The zero-order valence-electron chi connectivity index (χ0n) is 9.55. The molecule has 1 aromatic rings. The van der Waals surface area contributed by atoms with Crippen molar-refractivity contribution in [2.45, 2.75) is 31.8 Å². The molecule has 0 atom stereocenters. The molecule has 1 N–H and O–H groups in total. The van der Waals surface area contributed by atoms with Crippen LogP contribution in [0.5, 0.6) is 5.88 Å². The summed E-state index contributed by atoms with van der Waals surface area (Å²) in [5.74, 6) is 0.235. The smallest absolute Gasteiger partial charge is 0.372 e. The predicted octanol–water partition coefficient (Wildman–Crippen LogP) is 1.75. The molecule has 0 amide bonds. The van der Waals surface area contributed by atoms with Gasteiger partial charge < -0.3 is 10.1 Å². The van der Waals surface area contributed by atoms with Crippen molar-refractivity contribution < 1.29 is 9.66 Å². The van der Waals surface area contributed by atoms with Crippen molar-refractivity contribution in [1.82, 2.24) is 9.97 Å². The lowest BCUT2D eigenvalue weighted by molar-refractivity contribution is -0.385. The zero-order chi connectivity index (χ0) is 12.3. The van der Waals surface area contributed by atoms with Crippen LogP contribution in [0.25, 0.3) is 0 Å². The second-order valence-electron chi connectivity index (χ2n) is 3.91. The molecular weight excluding hydrogens is 224 g/mol. The zero-order valence-corrected chi connectivity index (χ0v) is 9.55. The van der Waals surface area contributed by atoms with E-state index in [1.165, 1.54) is 6.33 Å². The number of hydrogen-bond donors (Lipinski definition) is 1. The van der Waals surface area contributed by atoms with Crippen LogP contribution >= 0.6 is 0 Å². The van der Waals surface area contributed by atoms with E-state index in [2.05, 4.69) is 15.3 Å². The van der Waals surface area contributed by atoms with E-state index < -0.39 is 4.92 Å². The van der Waals surface area contributed by atoms with E-state index >= 15 is 0 Å². The van der Waals surface area contributed by atoms with Crippen LogP contribution < -0.4 is 10.1 Å². The number of aromatic nitrogens is 2. The summed E-state index contributed by atoms with van der Waals surface area (Å²) in [6, 6.07) is 0. The first-order chi connectivity index (χ1) is 8.22. The highest BCUT2D eigenvalue weighted by molar-refractivity contribution is 5.60. The standard InChI is InChI=1S/C10H14N4O3/c1-11-9-8(14(15)16)10(13-6-12-9)17-7-4-2-3-5-7/h6-7H,2-5H2,1H3,(H,11,12,13). The van der Waals surface area contributed by atoms with Gasteiger partial charge in [-0.3, -0.25) is 10.1 Å². The van der Waals surface area contributed by atoms with Gasteiger partial charge in [-0.2, -0.15) is 4.98 Å². The third kappa shape index (κ3) is 2.43. The molecule has 7 heteroatoms. The van der Waals surface area contributed by atoms with E-state index in [9.17, 15) is 10.1 Å². The van der Waals surface area contributed by atoms with Gasteiger partial charge >= 0.3 is 5.69 Å². The van der Waals surface area contributed by atoms with Crippen LogP contribution in [0.2, 0.25) is 0 Å². The molecule has 1 heterocycles. The number of nitrogens with one attached hydrogen (secondary N) is 1. The van der Waals surface area contributed by atoms with E-state index in [1.807, 2.05) is 0 Å². The van der Waals surface area contributed by atoms with Crippen molar-refractivity contribution >= 4 is 11.5 Å². The van der Waals surface area contributed by atoms with Gasteiger partial charge in [0.15, 0.2) is 0 Å². The Bertz CT molecular complexity index is 418. The highest BCUT2D eigenvalue weighted by Gasteiger charge is 2.27. The van der Waals surface area contributed by atoms with Gasteiger partial charge in [-0.25, -0.2) is 4.98 Å². The van der Waals surface area contributed by atoms with E-state index in [1.54, 1.807) is 7.05 Å². The molecule has 7 nitrogen and oxygen atoms in total. The molecule has 0 aliphatic heterocycles. The SMILES string of the molecule is CNc1ncnc(OC2CCCC2)c1[N+](=O)[O-]. The summed E-state index contributed by atoms with van der Waals surface area (Å²) in [5, 5.41) is 13.7. The third-order valence-corrected chi connectivity index (χ3v) is 2.79. The van der Waals surface area contributed by atoms with Crippen molar-refractivity contribution in [3.63, 3.8) is 0 Å². The molecule has 1 aromatic heterocycles. The molecule has 0 spiro atoms. The Morgan fingerprint density at radius 3 is 2.76 bits per heavy atom. The summed E-state index contributed by atoms with van der Waals surface area (Å²) in [4.78, 5) is 18.1. The maximum atomic E-state index is 11.0. The first-order valence-corrected chi connectivity index (χ1v) is 5.56. The molecule has 1 aliphatic rings. The van der Waals surface area contributed by atoms with Gasteiger partial charge in [0.25, 0.3) is 5.88 Å². The molecule has 1 saturated carbocycles. The normalized spacial score (nSPS) is 15.8. The number of nitro groups is 1. The Morgan fingerprint density at radius 1 is 1.47 bits per heavy atom. The minimum absolute atomic E-state index is 0.0355. The minimum atomic E-state index is -0.518. The van der Waals surface area contributed by atoms with Crippen LogP contribution in [0.15, 0.2) is 6.33 Å². The molecule has 0 bridgehead atoms. The molecular formula is C10H14N4O3. The molecule has 17 heavy (non-hydrogen) atoms. The molecule has 1 aliphatic carbocycles. The van der Waals surface area contributed by atoms with Crippen LogP contribution in [0.1, 0.15) is 25.7 Å². The fourth-order valence-corrected chi connectivity index (χ4v) is 1.96. The number of rotatable bonds is 4. The fraction of sp³-hybridized carbons (Fsp3) is 0.600. The van der Waals surface area contributed by atoms with E-state index in [4.69, 9.17) is 4.74 Å². The first-order valence-electron chi connectivity index (χ1n) is 5.56. The van der Waals surface area contributed by atoms with Gasteiger partial charge in [0.1, 0.15) is 12.4 Å². The van der Waals surface area contributed by atoms with Gasteiger partial charge in [-0.05, 0) is 25.7 Å². The molecule has 0 aromatic carbocycles. The Morgan fingerprint density at radius 2 is 2.18 bits per heavy atom. The van der Waals surface area contributed by atoms with Crippen LogP contribution in [0, 0.1) is 10.1 Å². The summed E-state index contributed by atoms with van der Waals surface area (Å²) in [6.07, 6.45) is 5.35. The van der Waals surface area contributed by atoms with Gasteiger partial charge in [0, 0.05) is 7.05 Å². The van der Waals surface area contributed by atoms with Crippen molar-refractivity contribution in [3.8, 4) is 5.88 Å². The Labute approximate surface area is 98.4 Å². The average Bonchev–Trinajstić information content (AvgIpc) is 2.81. The van der Waals surface area contributed by atoms with Crippen molar-refractivity contribution in [3.05, 3.63) is 16.4 Å². The Hall–Kier alpha value is -1.92. The topological polar surface area (TPSA) is 90.2 Å². The van der Waals surface area contributed by atoms with E-state index in [0.717, 1.165) is 25.7 Å². The van der Waals surface area contributed by atoms with Crippen LogP contribution in [-0.4, -0.2) is 28.0 Å². The molecule has 0 radical (unpaired) electrons. The summed E-state index contributed by atoms with van der Waals surface area (Å²) in [5.41, 5.74) is -0.193. The lowest BCUT2D eigenvalue weighted by atomic mass is 10.3. The lowest BCUT2D eigenvalue weighted by Crippen LogP contribution is -2.14. The lowest BCUT2D eigenvalue weighted by Gasteiger charge is -2.12. The number of ether oxygens (including phenoxy) is 1. The summed E-state index contributed by atoms with van der Waals surface area (Å²) >= 11 is 0. The quantitative estimate of drug-likeness (QED) is 0.634. The van der Waals surface area contributed by atoms with Gasteiger partial charge in [-0.1, -0.05) is 0 Å². The molecule has 0 unspecified atom stereocenters. The van der Waals surface area contributed by atoms with Gasteiger partial charge in [-0.15, -0.1) is 0 Å². The number of hydrogen-bond acceptors (Lipinski definition) is 6. The monoisotopic (exact) mass is 238 g/mol. The minimum Gasteiger partial charge on any atom is -0.469 e. The second-order valence-corrected chi connectivity index (χ2v) is 3.91. The average molecular weight is 238 g/mol. The fourth-order valence-electron chi connectivity index (χ4n) is 1.96. The Kier molecular flexibility index (Phi) is 3.36. The molecule has 92 valence electrons. The maximum Gasteiger partial charge on any atom is 0.372 e. The number of anilines is 1. The highest BCUT2D eigenvalue weighted by Crippen LogP contribution is 2.33. The van der Waals surface area contributed by atoms with Gasteiger partial charge in [0.05, 0.1) is 4.92 Å². The Balaban J connectivity index is 2.28. The molecule has 1 fully saturated rings. The van der Waals surface area contributed by atoms with E-state index in [-0.39, 0.29) is 23.5 Å².